The van der Waals surface area contributed by atoms with Gasteiger partial charge in [0.05, 0.1) is 0 Å². The highest BCUT2D eigenvalue weighted by atomic mass is 19.1. The molecule has 28 heavy (non-hydrogen) atoms. The van der Waals surface area contributed by atoms with Crippen LogP contribution in [0.2, 0.25) is 0 Å². The third-order valence-electron chi connectivity index (χ3n) is 4.65. The largest absolute Gasteiger partial charge is 0.474 e. The van der Waals surface area contributed by atoms with E-state index in [0.29, 0.717) is 23.8 Å². The lowest BCUT2D eigenvalue weighted by Crippen LogP contribution is -2.21. The standard InChI is InChI=1S/C22H20FN3O2/c1-15-9-10-17(12-18(15)23)24-21(27)13-26-11-5-8-20(26)22-25-19(14-28-22)16-6-3-2-4-7-16/h2-12,19H,13-14H2,1H3,(H,24,27). The molecule has 0 saturated heterocycles. The van der Waals surface area contributed by atoms with Crippen molar-refractivity contribution in [3.05, 3.63) is 89.5 Å². The maximum atomic E-state index is 13.7. The number of rotatable bonds is 5. The summed E-state index contributed by atoms with van der Waals surface area (Å²) < 4.78 is 21.2. The number of aliphatic imine (C=N–C) groups is 1. The molecular weight excluding hydrogens is 357 g/mol. The van der Waals surface area contributed by atoms with E-state index < -0.39 is 0 Å². The quantitative estimate of drug-likeness (QED) is 0.728. The number of hydrogen-bond acceptors (Lipinski definition) is 3. The van der Waals surface area contributed by atoms with Crippen LogP contribution in [0.15, 0.2) is 71.9 Å². The topological polar surface area (TPSA) is 55.6 Å². The lowest BCUT2D eigenvalue weighted by atomic mass is 10.1. The number of amides is 1. The summed E-state index contributed by atoms with van der Waals surface area (Å²) in [4.78, 5) is 17.1. The van der Waals surface area contributed by atoms with Gasteiger partial charge < -0.3 is 14.6 Å². The summed E-state index contributed by atoms with van der Waals surface area (Å²) in [6.07, 6.45) is 1.80. The van der Waals surface area contributed by atoms with Crippen molar-refractivity contribution in [2.75, 3.05) is 11.9 Å². The van der Waals surface area contributed by atoms with Crippen LogP contribution in [0.25, 0.3) is 0 Å². The monoisotopic (exact) mass is 377 g/mol. The predicted molar refractivity (Wildman–Crippen MR) is 106 cm³/mol. The maximum Gasteiger partial charge on any atom is 0.244 e. The van der Waals surface area contributed by atoms with Gasteiger partial charge in [-0.2, -0.15) is 0 Å². The molecule has 0 spiro atoms. The van der Waals surface area contributed by atoms with Gasteiger partial charge in [0.2, 0.25) is 11.8 Å². The molecule has 1 unspecified atom stereocenters. The van der Waals surface area contributed by atoms with Gasteiger partial charge in [-0.05, 0) is 42.3 Å². The summed E-state index contributed by atoms with van der Waals surface area (Å²) in [7, 11) is 0. The zero-order valence-electron chi connectivity index (χ0n) is 15.4. The Morgan fingerprint density at radius 1 is 1.21 bits per heavy atom. The number of carbonyl (C=O) groups excluding carboxylic acids is 1. The zero-order valence-corrected chi connectivity index (χ0v) is 15.4. The molecule has 1 N–H and O–H groups in total. The second kappa shape index (κ2) is 7.68. The van der Waals surface area contributed by atoms with Crippen molar-refractivity contribution >= 4 is 17.5 Å². The van der Waals surface area contributed by atoms with Crippen molar-refractivity contribution in [3.63, 3.8) is 0 Å². The number of nitrogens with one attached hydrogen (secondary N) is 1. The SMILES string of the molecule is Cc1ccc(NC(=O)Cn2cccc2C2=NC(c3ccccc3)CO2)cc1F. The second-order valence-corrected chi connectivity index (χ2v) is 6.71. The second-order valence-electron chi connectivity index (χ2n) is 6.71. The van der Waals surface area contributed by atoms with Crippen LogP contribution in [-0.2, 0) is 16.1 Å². The first-order valence-corrected chi connectivity index (χ1v) is 9.07. The number of nitrogens with zero attached hydrogens (tertiary/aromatic N) is 2. The number of benzene rings is 2. The summed E-state index contributed by atoms with van der Waals surface area (Å²) in [5.74, 6) is -0.0768. The molecule has 0 radical (unpaired) electrons. The van der Waals surface area contributed by atoms with Crippen LogP contribution in [0.1, 0.15) is 22.9 Å². The van der Waals surface area contributed by atoms with E-state index in [9.17, 15) is 9.18 Å². The first-order chi connectivity index (χ1) is 13.6. The van der Waals surface area contributed by atoms with E-state index in [1.54, 1.807) is 29.8 Å². The van der Waals surface area contributed by atoms with Crippen molar-refractivity contribution in [1.29, 1.82) is 0 Å². The highest BCUT2D eigenvalue weighted by Gasteiger charge is 2.23. The predicted octanol–water partition coefficient (Wildman–Crippen LogP) is 4.09. The fraction of sp³-hybridized carbons (Fsp3) is 0.182. The molecule has 2 aromatic carbocycles. The molecular formula is C22H20FN3O2. The Hall–Kier alpha value is -3.41. The zero-order chi connectivity index (χ0) is 19.5. The molecule has 1 atom stereocenters. The molecule has 0 aliphatic carbocycles. The first kappa shape index (κ1) is 18.0. The Labute approximate surface area is 162 Å². The van der Waals surface area contributed by atoms with Gasteiger partial charge in [-0.15, -0.1) is 0 Å². The molecule has 1 aliphatic rings. The fourth-order valence-electron chi connectivity index (χ4n) is 3.13. The lowest BCUT2D eigenvalue weighted by Gasteiger charge is -2.10. The molecule has 0 bridgehead atoms. The smallest absolute Gasteiger partial charge is 0.244 e. The molecule has 1 aliphatic heterocycles. The Balaban J connectivity index is 1.47. The van der Waals surface area contributed by atoms with Crippen molar-refractivity contribution in [2.45, 2.75) is 19.5 Å². The van der Waals surface area contributed by atoms with Gasteiger partial charge in [-0.3, -0.25) is 4.79 Å². The van der Waals surface area contributed by atoms with E-state index in [0.717, 1.165) is 11.3 Å². The van der Waals surface area contributed by atoms with Crippen LogP contribution in [0.5, 0.6) is 0 Å². The maximum absolute atomic E-state index is 13.7. The van der Waals surface area contributed by atoms with E-state index >= 15 is 0 Å². The third kappa shape index (κ3) is 3.81. The summed E-state index contributed by atoms with van der Waals surface area (Å²) in [6, 6.07) is 18.3. The van der Waals surface area contributed by atoms with Crippen LogP contribution >= 0.6 is 0 Å². The van der Waals surface area contributed by atoms with Crippen molar-refractivity contribution in [3.8, 4) is 0 Å². The van der Waals surface area contributed by atoms with Crippen LogP contribution in [-0.4, -0.2) is 23.0 Å². The molecule has 4 rings (SSSR count). The number of aromatic nitrogens is 1. The van der Waals surface area contributed by atoms with Gasteiger partial charge in [0.25, 0.3) is 0 Å². The average Bonchev–Trinajstić information content (AvgIpc) is 3.34. The minimum Gasteiger partial charge on any atom is -0.474 e. The molecule has 1 aromatic heterocycles. The van der Waals surface area contributed by atoms with Crippen LogP contribution in [0.4, 0.5) is 10.1 Å². The fourth-order valence-corrected chi connectivity index (χ4v) is 3.13. The number of ether oxygens (including phenoxy) is 1. The Kier molecular flexibility index (Phi) is 4.93. The van der Waals surface area contributed by atoms with Crippen molar-refractivity contribution in [1.82, 2.24) is 4.57 Å². The number of hydrogen-bond donors (Lipinski definition) is 1. The van der Waals surface area contributed by atoms with E-state index in [2.05, 4.69) is 10.3 Å². The van der Waals surface area contributed by atoms with Gasteiger partial charge in [0, 0.05) is 11.9 Å². The third-order valence-corrected chi connectivity index (χ3v) is 4.65. The van der Waals surface area contributed by atoms with Gasteiger partial charge in [-0.1, -0.05) is 36.4 Å². The molecule has 142 valence electrons. The number of anilines is 1. The Morgan fingerprint density at radius 3 is 2.82 bits per heavy atom. The van der Waals surface area contributed by atoms with Gasteiger partial charge >= 0.3 is 0 Å². The van der Waals surface area contributed by atoms with Crippen LogP contribution in [0, 0.1) is 12.7 Å². The van der Waals surface area contributed by atoms with E-state index in [-0.39, 0.29) is 24.3 Å². The molecule has 6 heteroatoms. The normalized spacial score (nSPS) is 15.8. The minimum absolute atomic E-state index is 0.0519. The number of aryl methyl sites for hydroxylation is 1. The Morgan fingerprint density at radius 2 is 2.04 bits per heavy atom. The summed E-state index contributed by atoms with van der Waals surface area (Å²) in [5, 5.41) is 2.72. The molecule has 1 amide bonds. The highest BCUT2D eigenvalue weighted by molar-refractivity contribution is 5.95. The number of halogens is 1. The molecule has 2 heterocycles. The van der Waals surface area contributed by atoms with E-state index in [1.165, 1.54) is 6.07 Å². The molecule has 0 fully saturated rings. The summed E-state index contributed by atoms with van der Waals surface area (Å²) >= 11 is 0. The molecule has 5 nitrogen and oxygen atoms in total. The van der Waals surface area contributed by atoms with Crippen molar-refractivity contribution < 1.29 is 13.9 Å². The van der Waals surface area contributed by atoms with E-state index in [4.69, 9.17) is 4.74 Å². The minimum atomic E-state index is -0.347. The first-order valence-electron chi connectivity index (χ1n) is 9.07. The summed E-state index contributed by atoms with van der Waals surface area (Å²) in [6.45, 7) is 2.23. The van der Waals surface area contributed by atoms with Crippen molar-refractivity contribution in [2.24, 2.45) is 4.99 Å². The average molecular weight is 377 g/mol. The van der Waals surface area contributed by atoms with E-state index in [1.807, 2.05) is 42.5 Å². The van der Waals surface area contributed by atoms with Gasteiger partial charge in [-0.25, -0.2) is 9.38 Å². The van der Waals surface area contributed by atoms with Crippen LogP contribution in [0.3, 0.4) is 0 Å². The summed E-state index contributed by atoms with van der Waals surface area (Å²) in [5.41, 5.74) is 2.80. The van der Waals surface area contributed by atoms with Gasteiger partial charge in [0.15, 0.2) is 0 Å². The lowest BCUT2D eigenvalue weighted by molar-refractivity contribution is -0.116. The number of carbonyl (C=O) groups is 1. The molecule has 3 aromatic rings. The highest BCUT2D eigenvalue weighted by Crippen LogP contribution is 2.25. The van der Waals surface area contributed by atoms with Gasteiger partial charge in [0.1, 0.15) is 30.7 Å². The molecule has 0 saturated carbocycles. The Bertz CT molecular complexity index is 1030. The van der Waals surface area contributed by atoms with Crippen LogP contribution < -0.4 is 5.32 Å².